The Morgan fingerprint density at radius 1 is 1.48 bits per heavy atom. The summed E-state index contributed by atoms with van der Waals surface area (Å²) in [6.45, 7) is 3.05. The number of carbonyl (C=O) groups excluding carboxylic acids is 1. The molecule has 0 radical (unpaired) electrons. The Morgan fingerprint density at radius 2 is 2.13 bits per heavy atom. The van der Waals surface area contributed by atoms with E-state index in [1.165, 1.54) is 24.7 Å². The fourth-order valence-corrected chi connectivity index (χ4v) is 2.32. The van der Waals surface area contributed by atoms with E-state index in [0.29, 0.717) is 10.7 Å². The van der Waals surface area contributed by atoms with Crippen LogP contribution in [0, 0.1) is 6.92 Å². The maximum atomic E-state index is 12.7. The fraction of sp³-hybridized carbons (Fsp3) is 0.462. The second-order valence-corrected chi connectivity index (χ2v) is 5.48. The van der Waals surface area contributed by atoms with Crippen molar-refractivity contribution in [1.29, 1.82) is 0 Å². The van der Waals surface area contributed by atoms with Crippen molar-refractivity contribution in [1.82, 2.24) is 24.9 Å². The van der Waals surface area contributed by atoms with Crippen molar-refractivity contribution in [2.45, 2.75) is 32.6 Å². The molecule has 23 heavy (non-hydrogen) atoms. The zero-order valence-corrected chi connectivity index (χ0v) is 13.4. The Morgan fingerprint density at radius 3 is 2.61 bits per heavy atom. The third-order valence-corrected chi connectivity index (χ3v) is 3.72. The van der Waals surface area contributed by atoms with Crippen LogP contribution in [0.2, 0.25) is 5.02 Å². The van der Waals surface area contributed by atoms with E-state index in [0.717, 1.165) is 10.7 Å². The minimum absolute atomic E-state index is 0.116. The lowest BCUT2D eigenvalue weighted by Crippen LogP contribution is -2.32. The van der Waals surface area contributed by atoms with E-state index in [4.69, 9.17) is 11.6 Å². The smallest absolute Gasteiger partial charge is 0.349 e. The number of amides is 1. The molecule has 1 amide bonds. The van der Waals surface area contributed by atoms with Gasteiger partial charge in [-0.15, -0.1) is 0 Å². The summed E-state index contributed by atoms with van der Waals surface area (Å²) in [5.41, 5.74) is -0.178. The Kier molecular flexibility index (Phi) is 4.69. The van der Waals surface area contributed by atoms with Crippen molar-refractivity contribution in [3.63, 3.8) is 0 Å². The number of aryl methyl sites for hydroxylation is 2. The summed E-state index contributed by atoms with van der Waals surface area (Å²) < 4.78 is 40.6. The van der Waals surface area contributed by atoms with E-state index >= 15 is 0 Å². The third-order valence-electron chi connectivity index (χ3n) is 3.40. The van der Waals surface area contributed by atoms with Gasteiger partial charge in [-0.25, -0.2) is 0 Å². The number of hydrogen-bond acceptors (Lipinski definition) is 3. The van der Waals surface area contributed by atoms with Crippen LogP contribution in [0.5, 0.6) is 0 Å². The number of rotatable bonds is 4. The van der Waals surface area contributed by atoms with E-state index in [9.17, 15) is 18.0 Å². The first-order valence-electron chi connectivity index (χ1n) is 6.68. The van der Waals surface area contributed by atoms with Crippen LogP contribution in [-0.4, -0.2) is 25.5 Å². The summed E-state index contributed by atoms with van der Waals surface area (Å²) >= 11 is 5.93. The Hall–Kier alpha value is -2.03. The van der Waals surface area contributed by atoms with Gasteiger partial charge in [0.05, 0.1) is 23.5 Å². The average molecular weight is 350 g/mol. The summed E-state index contributed by atoms with van der Waals surface area (Å²) in [5, 5.41) is 10.4. The number of halogens is 4. The number of carbonyl (C=O) groups is 1. The summed E-state index contributed by atoms with van der Waals surface area (Å²) in [5.74, 6) is -0.470. The molecular formula is C13H15ClF3N5O. The summed E-state index contributed by atoms with van der Waals surface area (Å²) in [6.07, 6.45) is -3.10. The molecule has 2 aromatic heterocycles. The highest BCUT2D eigenvalue weighted by molar-refractivity contribution is 6.31. The van der Waals surface area contributed by atoms with Crippen molar-refractivity contribution in [2.24, 2.45) is 7.05 Å². The molecule has 0 aliphatic carbocycles. The molecule has 2 rings (SSSR count). The van der Waals surface area contributed by atoms with Crippen molar-refractivity contribution in [2.75, 3.05) is 0 Å². The van der Waals surface area contributed by atoms with Gasteiger partial charge in [-0.05, 0) is 19.9 Å². The molecule has 2 heterocycles. The molecule has 0 saturated heterocycles. The highest BCUT2D eigenvalue weighted by Crippen LogP contribution is 2.29. The molecule has 0 bridgehead atoms. The quantitative estimate of drug-likeness (QED) is 0.922. The van der Waals surface area contributed by atoms with Gasteiger partial charge in [0.1, 0.15) is 6.04 Å². The maximum Gasteiger partial charge on any atom is 0.435 e. The first kappa shape index (κ1) is 17.3. The van der Waals surface area contributed by atoms with Crippen LogP contribution in [0.25, 0.3) is 0 Å². The third kappa shape index (κ3) is 3.66. The molecule has 0 saturated carbocycles. The molecule has 126 valence electrons. The maximum absolute atomic E-state index is 12.7. The minimum atomic E-state index is -4.55. The molecular weight excluding hydrogens is 335 g/mol. The molecule has 0 spiro atoms. The molecule has 1 N–H and O–H groups in total. The zero-order chi connectivity index (χ0) is 17.4. The van der Waals surface area contributed by atoms with Crippen LogP contribution in [0.4, 0.5) is 13.2 Å². The topological polar surface area (TPSA) is 64.7 Å². The molecule has 0 aliphatic rings. The van der Waals surface area contributed by atoms with E-state index in [-0.39, 0.29) is 12.2 Å². The first-order chi connectivity index (χ1) is 10.6. The van der Waals surface area contributed by atoms with E-state index in [1.807, 2.05) is 0 Å². The van der Waals surface area contributed by atoms with Crippen LogP contribution in [0.15, 0.2) is 12.3 Å². The summed E-state index contributed by atoms with van der Waals surface area (Å²) in [7, 11) is 1.67. The van der Waals surface area contributed by atoms with E-state index in [1.54, 1.807) is 7.05 Å². The van der Waals surface area contributed by atoms with Crippen molar-refractivity contribution < 1.29 is 18.0 Å². The van der Waals surface area contributed by atoms with Gasteiger partial charge in [0.2, 0.25) is 5.91 Å². The Labute approximate surface area is 135 Å². The van der Waals surface area contributed by atoms with Gasteiger partial charge in [-0.2, -0.15) is 23.4 Å². The summed E-state index contributed by atoms with van der Waals surface area (Å²) in [6, 6.07) is 0.0139. The SMILES string of the molecule is Cc1cc(C(F)(F)F)nn1C(C)C(=O)NCc1c(Cl)cnn1C. The highest BCUT2D eigenvalue weighted by Gasteiger charge is 2.35. The standard InChI is InChI=1S/C13H15ClF3N5O/c1-7-4-11(13(15,16)17)20-22(7)8(2)12(23)18-6-10-9(14)5-19-21(10)3/h4-5,8H,6H2,1-3H3,(H,18,23). The van der Waals surface area contributed by atoms with Crippen molar-refractivity contribution in [3.05, 3.63) is 34.4 Å². The summed E-state index contributed by atoms with van der Waals surface area (Å²) in [4.78, 5) is 12.1. The van der Waals surface area contributed by atoms with Crippen molar-refractivity contribution >= 4 is 17.5 Å². The van der Waals surface area contributed by atoms with Gasteiger partial charge in [0.25, 0.3) is 0 Å². The van der Waals surface area contributed by atoms with Gasteiger partial charge in [0, 0.05) is 12.7 Å². The highest BCUT2D eigenvalue weighted by atomic mass is 35.5. The number of aromatic nitrogens is 4. The minimum Gasteiger partial charge on any atom is -0.349 e. The van der Waals surface area contributed by atoms with E-state index in [2.05, 4.69) is 15.5 Å². The van der Waals surface area contributed by atoms with Crippen LogP contribution in [0.3, 0.4) is 0 Å². The number of alkyl halides is 3. The van der Waals surface area contributed by atoms with Gasteiger partial charge in [-0.3, -0.25) is 14.2 Å². The molecule has 0 fully saturated rings. The molecule has 1 unspecified atom stereocenters. The molecule has 1 atom stereocenters. The number of hydrogen-bond donors (Lipinski definition) is 1. The average Bonchev–Trinajstić information content (AvgIpc) is 2.99. The normalized spacial score (nSPS) is 13.2. The first-order valence-corrected chi connectivity index (χ1v) is 7.06. The molecule has 10 heteroatoms. The zero-order valence-electron chi connectivity index (χ0n) is 12.6. The lowest BCUT2D eigenvalue weighted by Gasteiger charge is -2.14. The van der Waals surface area contributed by atoms with Crippen LogP contribution < -0.4 is 5.32 Å². The van der Waals surface area contributed by atoms with Crippen LogP contribution in [-0.2, 0) is 24.6 Å². The van der Waals surface area contributed by atoms with Gasteiger partial charge < -0.3 is 5.32 Å². The lowest BCUT2D eigenvalue weighted by molar-refractivity contribution is -0.142. The van der Waals surface area contributed by atoms with Gasteiger partial charge in [0.15, 0.2) is 5.69 Å². The van der Waals surface area contributed by atoms with Gasteiger partial charge >= 0.3 is 6.18 Å². The monoisotopic (exact) mass is 349 g/mol. The molecule has 0 aromatic carbocycles. The predicted molar refractivity (Wildman–Crippen MR) is 76.7 cm³/mol. The molecule has 6 nitrogen and oxygen atoms in total. The Bertz CT molecular complexity index is 702. The molecule has 2 aromatic rings. The number of nitrogens with zero attached hydrogens (tertiary/aromatic N) is 4. The number of nitrogens with one attached hydrogen (secondary N) is 1. The second kappa shape index (κ2) is 6.23. The molecule has 0 aliphatic heterocycles. The fourth-order valence-electron chi connectivity index (χ4n) is 2.08. The van der Waals surface area contributed by atoms with Gasteiger partial charge in [-0.1, -0.05) is 11.6 Å². The van der Waals surface area contributed by atoms with Crippen LogP contribution >= 0.6 is 11.6 Å². The Balaban J connectivity index is 2.10. The second-order valence-electron chi connectivity index (χ2n) is 5.07. The lowest BCUT2D eigenvalue weighted by atomic mass is 10.3. The predicted octanol–water partition coefficient (Wildman–Crippen LogP) is 2.47. The van der Waals surface area contributed by atoms with Crippen molar-refractivity contribution in [3.8, 4) is 0 Å². The largest absolute Gasteiger partial charge is 0.435 e. The van der Waals surface area contributed by atoms with Crippen LogP contribution in [0.1, 0.15) is 30.0 Å². The van der Waals surface area contributed by atoms with E-state index < -0.39 is 23.8 Å².